The number of aryl methyl sites for hydroxylation is 3. The van der Waals surface area contributed by atoms with Gasteiger partial charge in [0.25, 0.3) is 0 Å². The lowest BCUT2D eigenvalue weighted by molar-refractivity contribution is 0.0981. The van der Waals surface area contributed by atoms with Gasteiger partial charge in [-0.15, -0.1) is 0 Å². The van der Waals surface area contributed by atoms with Gasteiger partial charge in [0.1, 0.15) is 5.75 Å². The summed E-state index contributed by atoms with van der Waals surface area (Å²) in [5, 5.41) is 0. The fraction of sp³-hybridized carbons (Fsp3) is 0.278. The molecule has 0 radical (unpaired) electrons. The number of Topliss-reactive ketones (excluding diaryl/α,β-unsaturated/α-hetero) is 1. The van der Waals surface area contributed by atoms with Crippen LogP contribution in [-0.4, -0.2) is 12.9 Å². The average Bonchev–Trinajstić information content (AvgIpc) is 2.45. The molecule has 0 unspecified atom stereocenters. The first-order valence-corrected chi connectivity index (χ1v) is 6.84. The molecular weight excluding hydrogens is 248 g/mol. The van der Waals surface area contributed by atoms with Crippen molar-refractivity contribution >= 4 is 5.78 Å². The maximum atomic E-state index is 12.4. The third-order valence-corrected chi connectivity index (χ3v) is 3.56. The maximum Gasteiger partial charge on any atom is 0.163 e. The Kier molecular flexibility index (Phi) is 4.57. The van der Waals surface area contributed by atoms with Gasteiger partial charge in [-0.3, -0.25) is 4.79 Å². The summed E-state index contributed by atoms with van der Waals surface area (Å²) in [7, 11) is 1.65. The quantitative estimate of drug-likeness (QED) is 0.762. The summed E-state index contributed by atoms with van der Waals surface area (Å²) in [6.07, 6.45) is 1.30. The predicted molar refractivity (Wildman–Crippen MR) is 81.6 cm³/mol. The SMILES string of the molecule is COc1ccc(CCC(=O)c2c(C)cccc2C)cc1. The van der Waals surface area contributed by atoms with Crippen molar-refractivity contribution in [2.45, 2.75) is 26.7 Å². The number of ether oxygens (including phenoxy) is 1. The molecule has 2 nitrogen and oxygen atoms in total. The molecule has 2 rings (SSSR count). The molecule has 2 aromatic carbocycles. The lowest BCUT2D eigenvalue weighted by Crippen LogP contribution is -2.06. The minimum absolute atomic E-state index is 0.219. The minimum atomic E-state index is 0.219. The molecule has 20 heavy (non-hydrogen) atoms. The molecule has 0 saturated heterocycles. The first kappa shape index (κ1) is 14.3. The first-order chi connectivity index (χ1) is 9.61. The Hall–Kier alpha value is -2.09. The van der Waals surface area contributed by atoms with Crippen LogP contribution in [0, 0.1) is 13.8 Å². The summed E-state index contributed by atoms with van der Waals surface area (Å²) in [5.41, 5.74) is 4.15. The molecular formula is C18H20O2. The summed E-state index contributed by atoms with van der Waals surface area (Å²) >= 11 is 0. The number of hydrogen-bond acceptors (Lipinski definition) is 2. The van der Waals surface area contributed by atoms with Crippen LogP contribution in [0.2, 0.25) is 0 Å². The molecule has 0 aliphatic heterocycles. The van der Waals surface area contributed by atoms with Gasteiger partial charge < -0.3 is 4.74 Å². The highest BCUT2D eigenvalue weighted by Crippen LogP contribution is 2.18. The molecule has 0 amide bonds. The Labute approximate surface area is 120 Å². The molecule has 0 aliphatic rings. The van der Waals surface area contributed by atoms with E-state index >= 15 is 0 Å². The van der Waals surface area contributed by atoms with E-state index < -0.39 is 0 Å². The number of ketones is 1. The van der Waals surface area contributed by atoms with E-state index in [2.05, 4.69) is 0 Å². The van der Waals surface area contributed by atoms with Crippen molar-refractivity contribution in [3.05, 3.63) is 64.7 Å². The van der Waals surface area contributed by atoms with Crippen LogP contribution in [0.3, 0.4) is 0 Å². The third-order valence-electron chi connectivity index (χ3n) is 3.56. The smallest absolute Gasteiger partial charge is 0.163 e. The fourth-order valence-corrected chi connectivity index (χ4v) is 2.43. The third kappa shape index (κ3) is 3.27. The van der Waals surface area contributed by atoms with Gasteiger partial charge in [0.2, 0.25) is 0 Å². The van der Waals surface area contributed by atoms with Crippen LogP contribution in [0.5, 0.6) is 5.75 Å². The van der Waals surface area contributed by atoms with Gasteiger partial charge >= 0.3 is 0 Å². The highest BCUT2D eigenvalue weighted by Gasteiger charge is 2.11. The summed E-state index contributed by atoms with van der Waals surface area (Å²) in [4.78, 5) is 12.4. The normalized spacial score (nSPS) is 10.3. The summed E-state index contributed by atoms with van der Waals surface area (Å²) in [6, 6.07) is 13.9. The Bertz CT molecular complexity index is 577. The zero-order chi connectivity index (χ0) is 14.5. The molecule has 0 heterocycles. The molecule has 0 aromatic heterocycles. The largest absolute Gasteiger partial charge is 0.497 e. The highest BCUT2D eigenvalue weighted by molar-refractivity contribution is 5.98. The fourth-order valence-electron chi connectivity index (χ4n) is 2.43. The number of carbonyl (C=O) groups excluding carboxylic acids is 1. The summed E-state index contributed by atoms with van der Waals surface area (Å²) in [6.45, 7) is 3.99. The number of methoxy groups -OCH3 is 1. The number of carbonyl (C=O) groups is 1. The monoisotopic (exact) mass is 268 g/mol. The van der Waals surface area contributed by atoms with Crippen LogP contribution >= 0.6 is 0 Å². The van der Waals surface area contributed by atoms with Crippen molar-refractivity contribution in [1.82, 2.24) is 0 Å². The van der Waals surface area contributed by atoms with Crippen molar-refractivity contribution in [2.75, 3.05) is 7.11 Å². The first-order valence-electron chi connectivity index (χ1n) is 6.84. The number of benzene rings is 2. The zero-order valence-electron chi connectivity index (χ0n) is 12.3. The second-order valence-electron chi connectivity index (χ2n) is 5.04. The molecule has 0 N–H and O–H groups in total. The molecule has 2 aromatic rings. The molecule has 0 bridgehead atoms. The van der Waals surface area contributed by atoms with E-state index in [0.717, 1.165) is 34.4 Å². The van der Waals surface area contributed by atoms with Crippen molar-refractivity contribution < 1.29 is 9.53 Å². The molecule has 0 aliphatic carbocycles. The minimum Gasteiger partial charge on any atom is -0.497 e. The van der Waals surface area contributed by atoms with Gasteiger partial charge in [-0.2, -0.15) is 0 Å². The summed E-state index contributed by atoms with van der Waals surface area (Å²) < 4.78 is 5.13. The van der Waals surface area contributed by atoms with Gasteiger partial charge in [-0.05, 0) is 49.1 Å². The van der Waals surface area contributed by atoms with E-state index in [1.54, 1.807) is 7.11 Å². The molecule has 0 spiro atoms. The zero-order valence-corrected chi connectivity index (χ0v) is 12.3. The van der Waals surface area contributed by atoms with Gasteiger partial charge in [0.15, 0.2) is 5.78 Å². The number of rotatable bonds is 5. The molecule has 0 atom stereocenters. The Balaban J connectivity index is 2.05. The van der Waals surface area contributed by atoms with Crippen molar-refractivity contribution in [1.29, 1.82) is 0 Å². The Morgan fingerprint density at radius 2 is 1.60 bits per heavy atom. The van der Waals surface area contributed by atoms with E-state index in [4.69, 9.17) is 4.74 Å². The van der Waals surface area contributed by atoms with Crippen LogP contribution in [0.1, 0.15) is 33.5 Å². The van der Waals surface area contributed by atoms with Crippen LogP contribution < -0.4 is 4.74 Å². The Morgan fingerprint density at radius 3 is 2.15 bits per heavy atom. The molecule has 0 fully saturated rings. The highest BCUT2D eigenvalue weighted by atomic mass is 16.5. The van der Waals surface area contributed by atoms with E-state index in [1.807, 2.05) is 56.3 Å². The van der Waals surface area contributed by atoms with Crippen LogP contribution in [-0.2, 0) is 6.42 Å². The second-order valence-corrected chi connectivity index (χ2v) is 5.04. The van der Waals surface area contributed by atoms with E-state index in [1.165, 1.54) is 0 Å². The summed E-state index contributed by atoms with van der Waals surface area (Å²) in [5.74, 6) is 1.06. The van der Waals surface area contributed by atoms with Crippen molar-refractivity contribution in [3.8, 4) is 5.75 Å². The average molecular weight is 268 g/mol. The maximum absolute atomic E-state index is 12.4. The standard InChI is InChI=1S/C18H20O2/c1-13-5-4-6-14(2)18(13)17(19)12-9-15-7-10-16(20-3)11-8-15/h4-8,10-11H,9,12H2,1-3H3. The van der Waals surface area contributed by atoms with Gasteiger partial charge in [-0.1, -0.05) is 30.3 Å². The molecule has 104 valence electrons. The molecule has 0 saturated carbocycles. The number of hydrogen-bond donors (Lipinski definition) is 0. The van der Waals surface area contributed by atoms with Crippen molar-refractivity contribution in [3.63, 3.8) is 0 Å². The van der Waals surface area contributed by atoms with Crippen molar-refractivity contribution in [2.24, 2.45) is 0 Å². The Morgan fingerprint density at radius 1 is 1.00 bits per heavy atom. The van der Waals surface area contributed by atoms with Crippen LogP contribution in [0.15, 0.2) is 42.5 Å². The van der Waals surface area contributed by atoms with E-state index in [-0.39, 0.29) is 5.78 Å². The lowest BCUT2D eigenvalue weighted by Gasteiger charge is -2.09. The van der Waals surface area contributed by atoms with E-state index in [9.17, 15) is 4.79 Å². The second kappa shape index (κ2) is 6.38. The topological polar surface area (TPSA) is 26.3 Å². The lowest BCUT2D eigenvalue weighted by atomic mass is 9.95. The van der Waals surface area contributed by atoms with Crippen LogP contribution in [0.25, 0.3) is 0 Å². The molecule has 2 heteroatoms. The van der Waals surface area contributed by atoms with Crippen LogP contribution in [0.4, 0.5) is 0 Å². The van der Waals surface area contributed by atoms with Gasteiger partial charge in [-0.25, -0.2) is 0 Å². The van der Waals surface area contributed by atoms with Gasteiger partial charge in [0, 0.05) is 12.0 Å². The predicted octanol–water partition coefficient (Wildman–Crippen LogP) is 4.13. The van der Waals surface area contributed by atoms with E-state index in [0.29, 0.717) is 6.42 Å². The van der Waals surface area contributed by atoms with Gasteiger partial charge in [0.05, 0.1) is 7.11 Å².